The van der Waals surface area contributed by atoms with Crippen molar-refractivity contribution in [2.75, 3.05) is 26.2 Å². The Bertz CT molecular complexity index is 1270. The van der Waals surface area contributed by atoms with Crippen molar-refractivity contribution in [1.82, 2.24) is 10.2 Å². The lowest BCUT2D eigenvalue weighted by Gasteiger charge is -2.35. The summed E-state index contributed by atoms with van der Waals surface area (Å²) in [6.45, 7) is 7.56. The van der Waals surface area contributed by atoms with Gasteiger partial charge >= 0.3 is 5.97 Å². The number of likely N-dealkylation sites (tertiary alicyclic amines) is 1. The molecule has 1 fully saturated rings. The third-order valence-corrected chi connectivity index (χ3v) is 8.61. The van der Waals surface area contributed by atoms with Crippen LogP contribution in [0.4, 0.5) is 0 Å². The highest BCUT2D eigenvalue weighted by molar-refractivity contribution is 6.30. The van der Waals surface area contributed by atoms with Crippen LogP contribution in [-0.4, -0.2) is 49.1 Å². The molecule has 4 rings (SSSR count). The van der Waals surface area contributed by atoms with Crippen molar-refractivity contribution in [2.45, 2.75) is 70.3 Å². The van der Waals surface area contributed by atoms with Gasteiger partial charge in [-0.25, -0.2) is 0 Å². The Labute approximate surface area is 250 Å². The molecule has 3 aromatic carbocycles. The second-order valence-corrected chi connectivity index (χ2v) is 11.6. The molecule has 0 radical (unpaired) electrons. The van der Waals surface area contributed by atoms with Crippen molar-refractivity contribution in [2.24, 2.45) is 0 Å². The van der Waals surface area contributed by atoms with Crippen molar-refractivity contribution < 1.29 is 14.3 Å². The second-order valence-electron chi connectivity index (χ2n) is 11.1. The lowest BCUT2D eigenvalue weighted by atomic mass is 9.72. The number of halogens is 1. The van der Waals surface area contributed by atoms with Gasteiger partial charge in [-0.2, -0.15) is 0 Å². The standard InChI is InChI=1S/C35H43ClN2O3/c1-3-24-41-33(39)26-35(4-2,28-13-6-5-7-14-28)20-11-21-38-22-18-30(19-23-38)37-34(40)32-17-9-8-16-31(32)27-12-10-15-29(36)25-27/h5-10,12-17,25,30H,3-4,11,18-24,26H2,1-2H3,(H,37,40). The SMILES string of the molecule is CCCOC(=O)CC(CC)(CCCN1CCC(NC(=O)c2ccccc2-c2cccc(Cl)c2)CC1)c1ccccc1. The third kappa shape index (κ3) is 8.43. The first-order chi connectivity index (χ1) is 19.9. The summed E-state index contributed by atoms with van der Waals surface area (Å²) in [7, 11) is 0. The van der Waals surface area contributed by atoms with Gasteiger partial charge in [0.05, 0.1) is 13.0 Å². The normalized spacial score (nSPS) is 15.7. The molecule has 1 heterocycles. The van der Waals surface area contributed by atoms with Gasteiger partial charge in [0.25, 0.3) is 5.91 Å². The van der Waals surface area contributed by atoms with E-state index in [-0.39, 0.29) is 23.3 Å². The second kappa shape index (κ2) is 15.2. The van der Waals surface area contributed by atoms with E-state index in [4.69, 9.17) is 16.3 Å². The number of rotatable bonds is 13. The number of amides is 1. The molecular formula is C35H43ClN2O3. The van der Waals surface area contributed by atoms with Gasteiger partial charge in [-0.1, -0.05) is 86.1 Å². The smallest absolute Gasteiger partial charge is 0.306 e. The number of nitrogens with zero attached hydrogens (tertiary/aromatic N) is 1. The Morgan fingerprint density at radius 3 is 2.41 bits per heavy atom. The summed E-state index contributed by atoms with van der Waals surface area (Å²) in [4.78, 5) is 28.5. The minimum atomic E-state index is -0.214. The summed E-state index contributed by atoms with van der Waals surface area (Å²) in [5.74, 6) is -0.143. The fourth-order valence-corrected chi connectivity index (χ4v) is 6.16. The fourth-order valence-electron chi connectivity index (χ4n) is 5.97. The maximum Gasteiger partial charge on any atom is 0.306 e. The minimum absolute atomic E-state index is 0.0374. The van der Waals surface area contributed by atoms with Crippen LogP contribution >= 0.6 is 11.6 Å². The van der Waals surface area contributed by atoms with E-state index in [1.807, 2.05) is 61.5 Å². The summed E-state index contributed by atoms with van der Waals surface area (Å²) >= 11 is 6.21. The molecule has 3 aromatic rings. The summed E-state index contributed by atoms with van der Waals surface area (Å²) in [6.07, 6.45) is 5.93. The van der Waals surface area contributed by atoms with Crippen molar-refractivity contribution >= 4 is 23.5 Å². The van der Waals surface area contributed by atoms with E-state index in [9.17, 15) is 9.59 Å². The molecule has 1 aliphatic rings. The number of ether oxygens (including phenoxy) is 1. The topological polar surface area (TPSA) is 58.6 Å². The molecule has 218 valence electrons. The van der Waals surface area contributed by atoms with Gasteiger partial charge in [0, 0.05) is 35.1 Å². The Kier molecular flexibility index (Phi) is 11.4. The Balaban J connectivity index is 1.30. The first-order valence-electron chi connectivity index (χ1n) is 15.0. The Morgan fingerprint density at radius 2 is 1.71 bits per heavy atom. The predicted molar refractivity (Wildman–Crippen MR) is 167 cm³/mol. The molecule has 5 nitrogen and oxygen atoms in total. The number of nitrogens with one attached hydrogen (secondary N) is 1. The predicted octanol–water partition coefficient (Wildman–Crippen LogP) is 7.67. The van der Waals surface area contributed by atoms with Crippen molar-refractivity contribution in [3.8, 4) is 11.1 Å². The Morgan fingerprint density at radius 1 is 0.976 bits per heavy atom. The van der Waals surface area contributed by atoms with Crippen LogP contribution in [0.2, 0.25) is 5.02 Å². The average Bonchev–Trinajstić information content (AvgIpc) is 3.00. The van der Waals surface area contributed by atoms with Gasteiger partial charge in [0.1, 0.15) is 0 Å². The molecule has 0 bridgehead atoms. The summed E-state index contributed by atoms with van der Waals surface area (Å²) in [6, 6.07) is 25.9. The van der Waals surface area contributed by atoms with Crippen LogP contribution in [0.25, 0.3) is 11.1 Å². The van der Waals surface area contributed by atoms with E-state index in [0.717, 1.165) is 69.3 Å². The van der Waals surface area contributed by atoms with Crippen LogP contribution in [0.5, 0.6) is 0 Å². The minimum Gasteiger partial charge on any atom is -0.466 e. The molecule has 1 amide bonds. The van der Waals surface area contributed by atoms with Gasteiger partial charge in [-0.15, -0.1) is 0 Å². The van der Waals surface area contributed by atoms with Crippen molar-refractivity contribution in [3.05, 3.63) is 95.0 Å². The number of hydrogen-bond donors (Lipinski definition) is 1. The molecule has 1 unspecified atom stereocenters. The zero-order valence-electron chi connectivity index (χ0n) is 24.4. The molecule has 1 atom stereocenters. The van der Waals surface area contributed by atoms with E-state index in [0.29, 0.717) is 23.6 Å². The zero-order chi connectivity index (χ0) is 29.1. The molecular weight excluding hydrogens is 532 g/mol. The largest absolute Gasteiger partial charge is 0.466 e. The molecule has 41 heavy (non-hydrogen) atoms. The van der Waals surface area contributed by atoms with Crippen molar-refractivity contribution in [1.29, 1.82) is 0 Å². The highest BCUT2D eigenvalue weighted by atomic mass is 35.5. The summed E-state index contributed by atoms with van der Waals surface area (Å²) in [5.41, 5.74) is 3.51. The number of hydrogen-bond acceptors (Lipinski definition) is 4. The molecule has 0 aromatic heterocycles. The quantitative estimate of drug-likeness (QED) is 0.213. The van der Waals surface area contributed by atoms with Gasteiger partial charge in [0.2, 0.25) is 0 Å². The van der Waals surface area contributed by atoms with E-state index in [1.165, 1.54) is 5.56 Å². The van der Waals surface area contributed by atoms with Gasteiger partial charge in [-0.3, -0.25) is 9.59 Å². The average molecular weight is 575 g/mol. The molecule has 0 saturated carbocycles. The van der Waals surface area contributed by atoms with Crippen LogP contribution in [0.3, 0.4) is 0 Å². The Hall–Kier alpha value is -3.15. The van der Waals surface area contributed by atoms with Gasteiger partial charge in [-0.05, 0) is 80.0 Å². The van der Waals surface area contributed by atoms with E-state index < -0.39 is 0 Å². The number of esters is 1. The lowest BCUT2D eigenvalue weighted by Crippen LogP contribution is -2.45. The molecule has 6 heteroatoms. The van der Waals surface area contributed by atoms with Gasteiger partial charge in [0.15, 0.2) is 0 Å². The molecule has 1 N–H and O–H groups in total. The lowest BCUT2D eigenvalue weighted by molar-refractivity contribution is -0.145. The van der Waals surface area contributed by atoms with E-state index >= 15 is 0 Å². The maximum atomic E-state index is 13.3. The maximum absolute atomic E-state index is 13.3. The van der Waals surface area contributed by atoms with Crippen LogP contribution < -0.4 is 5.32 Å². The van der Waals surface area contributed by atoms with Crippen molar-refractivity contribution in [3.63, 3.8) is 0 Å². The first kappa shape index (κ1) is 30.8. The van der Waals surface area contributed by atoms with Crippen LogP contribution in [0.1, 0.15) is 74.7 Å². The molecule has 1 saturated heterocycles. The van der Waals surface area contributed by atoms with Crippen LogP contribution in [0, 0.1) is 0 Å². The van der Waals surface area contributed by atoms with E-state index in [2.05, 4.69) is 41.4 Å². The summed E-state index contributed by atoms with van der Waals surface area (Å²) < 4.78 is 5.49. The number of carbonyl (C=O) groups is 2. The molecule has 0 aliphatic carbocycles. The van der Waals surface area contributed by atoms with Crippen LogP contribution in [-0.2, 0) is 14.9 Å². The summed E-state index contributed by atoms with van der Waals surface area (Å²) in [5, 5.41) is 3.93. The van der Waals surface area contributed by atoms with Crippen LogP contribution in [0.15, 0.2) is 78.9 Å². The number of carbonyl (C=O) groups excluding carboxylic acids is 2. The monoisotopic (exact) mass is 574 g/mol. The van der Waals surface area contributed by atoms with E-state index in [1.54, 1.807) is 0 Å². The highest BCUT2D eigenvalue weighted by Crippen LogP contribution is 2.37. The number of benzene rings is 3. The zero-order valence-corrected chi connectivity index (χ0v) is 25.2. The third-order valence-electron chi connectivity index (χ3n) is 8.37. The fraction of sp³-hybridized carbons (Fsp3) is 0.429. The van der Waals surface area contributed by atoms with Gasteiger partial charge < -0.3 is 15.0 Å². The molecule has 1 aliphatic heterocycles. The number of piperidine rings is 1. The highest BCUT2D eigenvalue weighted by Gasteiger charge is 2.33. The first-order valence-corrected chi connectivity index (χ1v) is 15.4. The molecule has 0 spiro atoms.